The van der Waals surface area contributed by atoms with Crippen molar-refractivity contribution in [2.75, 3.05) is 26.3 Å². The molecule has 0 bridgehead atoms. The number of rotatable bonds is 8. The summed E-state index contributed by atoms with van der Waals surface area (Å²) in [5, 5.41) is 10.1. The van der Waals surface area contributed by atoms with E-state index < -0.39 is 10.0 Å². The van der Waals surface area contributed by atoms with Crippen LogP contribution in [0.3, 0.4) is 0 Å². The van der Waals surface area contributed by atoms with Gasteiger partial charge in [-0.3, -0.25) is 4.57 Å². The van der Waals surface area contributed by atoms with Gasteiger partial charge in [-0.05, 0) is 29.8 Å². The number of halogens is 1. The number of nitrogens with zero attached hydrogens (tertiary/aromatic N) is 4. The summed E-state index contributed by atoms with van der Waals surface area (Å²) in [5.74, 6) is 1.31. The Labute approximate surface area is 197 Å². The predicted molar refractivity (Wildman–Crippen MR) is 126 cm³/mol. The quantitative estimate of drug-likeness (QED) is 0.349. The number of hydrogen-bond acceptors (Lipinski definition) is 6. The zero-order chi connectivity index (χ0) is 22.6. The highest BCUT2D eigenvalue weighted by atomic mass is 35.5. The van der Waals surface area contributed by atoms with Crippen LogP contribution in [0.5, 0.6) is 0 Å². The van der Waals surface area contributed by atoms with Gasteiger partial charge in [-0.1, -0.05) is 53.7 Å². The van der Waals surface area contributed by atoms with Gasteiger partial charge >= 0.3 is 0 Å². The first-order valence-corrected chi connectivity index (χ1v) is 12.9. The second-order valence-electron chi connectivity index (χ2n) is 7.16. The summed E-state index contributed by atoms with van der Waals surface area (Å²) in [7, 11) is -3.60. The molecule has 0 saturated carbocycles. The standard InChI is InChI=1S/C22H23ClN4O3S2/c1-2-10-27-21(24-25-22(27)31-16-17-6-8-19(23)9-7-17)18-4-3-5-20(15-18)32(28,29)26-11-13-30-14-12-26/h2-9,15H,1,10-14,16H2. The molecular formula is C22H23ClN4O3S2. The van der Waals surface area contributed by atoms with Crippen molar-refractivity contribution < 1.29 is 13.2 Å². The molecule has 1 aromatic heterocycles. The van der Waals surface area contributed by atoms with E-state index in [0.29, 0.717) is 55.0 Å². The minimum Gasteiger partial charge on any atom is -0.379 e. The van der Waals surface area contributed by atoms with Gasteiger partial charge in [0.05, 0.1) is 18.1 Å². The Hall–Kier alpha value is -2.17. The van der Waals surface area contributed by atoms with Crippen LogP contribution < -0.4 is 0 Å². The predicted octanol–water partition coefficient (Wildman–Crippen LogP) is 4.10. The average molecular weight is 491 g/mol. The Morgan fingerprint density at radius 3 is 2.59 bits per heavy atom. The molecule has 1 fully saturated rings. The molecule has 10 heteroatoms. The molecular weight excluding hydrogens is 468 g/mol. The Morgan fingerprint density at radius 2 is 1.88 bits per heavy atom. The van der Waals surface area contributed by atoms with Crippen LogP contribution in [-0.2, 0) is 27.1 Å². The number of allylic oxidation sites excluding steroid dienone is 1. The summed E-state index contributed by atoms with van der Waals surface area (Å²) < 4.78 is 34.8. The van der Waals surface area contributed by atoms with Crippen LogP contribution in [0.4, 0.5) is 0 Å². The molecule has 3 aromatic rings. The maximum absolute atomic E-state index is 13.1. The molecule has 0 unspecified atom stereocenters. The van der Waals surface area contributed by atoms with E-state index in [9.17, 15) is 8.42 Å². The molecule has 4 rings (SSSR count). The monoisotopic (exact) mass is 490 g/mol. The first kappa shape index (κ1) is 23.0. The van der Waals surface area contributed by atoms with Gasteiger partial charge in [0.1, 0.15) is 0 Å². The van der Waals surface area contributed by atoms with Crippen molar-refractivity contribution in [3.63, 3.8) is 0 Å². The lowest BCUT2D eigenvalue weighted by atomic mass is 10.2. The Kier molecular flexibility index (Phi) is 7.32. The fourth-order valence-corrected chi connectivity index (χ4v) is 5.85. The third kappa shape index (κ3) is 5.07. The van der Waals surface area contributed by atoms with Crippen LogP contribution in [0.25, 0.3) is 11.4 Å². The molecule has 0 aliphatic carbocycles. The molecule has 168 valence electrons. The number of morpholine rings is 1. The lowest BCUT2D eigenvalue weighted by Crippen LogP contribution is -2.40. The number of hydrogen-bond donors (Lipinski definition) is 0. The summed E-state index contributed by atoms with van der Waals surface area (Å²) in [6, 6.07) is 14.5. The maximum atomic E-state index is 13.1. The molecule has 1 aliphatic rings. The van der Waals surface area contributed by atoms with E-state index in [1.807, 2.05) is 34.9 Å². The lowest BCUT2D eigenvalue weighted by Gasteiger charge is -2.26. The second kappa shape index (κ2) is 10.2. The van der Waals surface area contributed by atoms with Crippen LogP contribution >= 0.6 is 23.4 Å². The van der Waals surface area contributed by atoms with Crippen LogP contribution in [0.15, 0.2) is 71.2 Å². The SMILES string of the molecule is C=CCn1c(SCc2ccc(Cl)cc2)nnc1-c1cccc(S(=O)(=O)N2CCOCC2)c1. The van der Waals surface area contributed by atoms with Gasteiger partial charge in [0, 0.05) is 36.0 Å². The van der Waals surface area contributed by atoms with Gasteiger partial charge in [-0.2, -0.15) is 4.31 Å². The van der Waals surface area contributed by atoms with Gasteiger partial charge in [0.15, 0.2) is 11.0 Å². The average Bonchev–Trinajstić information content (AvgIpc) is 3.22. The minimum absolute atomic E-state index is 0.237. The van der Waals surface area contributed by atoms with Crippen LogP contribution in [0.1, 0.15) is 5.56 Å². The Balaban J connectivity index is 1.61. The van der Waals surface area contributed by atoms with Crippen LogP contribution in [0.2, 0.25) is 5.02 Å². The van der Waals surface area contributed by atoms with Gasteiger partial charge in [-0.15, -0.1) is 16.8 Å². The molecule has 1 saturated heterocycles. The fraction of sp³-hybridized carbons (Fsp3) is 0.273. The van der Waals surface area contributed by atoms with Crippen LogP contribution in [-0.4, -0.2) is 53.8 Å². The molecule has 0 spiro atoms. The van der Waals surface area contributed by atoms with Crippen molar-refractivity contribution >= 4 is 33.4 Å². The fourth-order valence-electron chi connectivity index (χ4n) is 3.36. The highest BCUT2D eigenvalue weighted by molar-refractivity contribution is 7.98. The van der Waals surface area contributed by atoms with Crippen molar-refractivity contribution in [3.8, 4) is 11.4 Å². The highest BCUT2D eigenvalue weighted by Gasteiger charge is 2.27. The zero-order valence-corrected chi connectivity index (χ0v) is 19.7. The number of aromatic nitrogens is 3. The van der Waals surface area contributed by atoms with E-state index in [2.05, 4.69) is 16.8 Å². The molecule has 1 aliphatic heterocycles. The van der Waals surface area contributed by atoms with Gasteiger partial charge in [0.2, 0.25) is 10.0 Å². The van der Waals surface area contributed by atoms with E-state index in [1.54, 1.807) is 36.0 Å². The van der Waals surface area contributed by atoms with E-state index in [1.165, 1.54) is 4.31 Å². The third-order valence-corrected chi connectivity index (χ3v) is 8.19. The molecule has 0 amide bonds. The van der Waals surface area contributed by atoms with Crippen molar-refractivity contribution in [3.05, 3.63) is 71.8 Å². The topological polar surface area (TPSA) is 77.3 Å². The van der Waals surface area contributed by atoms with Crippen molar-refractivity contribution in [1.29, 1.82) is 0 Å². The molecule has 7 nitrogen and oxygen atoms in total. The normalized spacial score (nSPS) is 15.0. The first-order valence-electron chi connectivity index (χ1n) is 10.1. The Morgan fingerprint density at radius 1 is 1.12 bits per heavy atom. The lowest BCUT2D eigenvalue weighted by molar-refractivity contribution is 0.0730. The number of sulfonamides is 1. The summed E-state index contributed by atoms with van der Waals surface area (Å²) >= 11 is 7.52. The maximum Gasteiger partial charge on any atom is 0.243 e. The molecule has 0 radical (unpaired) electrons. The molecule has 32 heavy (non-hydrogen) atoms. The van der Waals surface area contributed by atoms with Crippen molar-refractivity contribution in [2.45, 2.75) is 22.3 Å². The first-order chi connectivity index (χ1) is 15.5. The molecule has 0 atom stereocenters. The summed E-state index contributed by atoms with van der Waals surface area (Å²) in [6.07, 6.45) is 1.77. The van der Waals surface area contributed by atoms with Crippen molar-refractivity contribution in [1.82, 2.24) is 19.1 Å². The Bertz CT molecular complexity index is 1190. The number of thioether (sulfide) groups is 1. The molecule has 2 aromatic carbocycles. The summed E-state index contributed by atoms with van der Waals surface area (Å²) in [4.78, 5) is 0.237. The van der Waals surface area contributed by atoms with E-state index in [4.69, 9.17) is 16.3 Å². The van der Waals surface area contributed by atoms with Crippen LogP contribution in [0, 0.1) is 0 Å². The number of benzene rings is 2. The van der Waals surface area contributed by atoms with E-state index in [0.717, 1.165) is 10.7 Å². The van der Waals surface area contributed by atoms with E-state index in [-0.39, 0.29) is 4.90 Å². The van der Waals surface area contributed by atoms with Gasteiger partial charge in [-0.25, -0.2) is 8.42 Å². The van der Waals surface area contributed by atoms with Crippen molar-refractivity contribution in [2.24, 2.45) is 0 Å². The largest absolute Gasteiger partial charge is 0.379 e. The molecule has 0 N–H and O–H groups in total. The second-order valence-corrected chi connectivity index (χ2v) is 10.5. The third-order valence-electron chi connectivity index (χ3n) is 5.01. The summed E-state index contributed by atoms with van der Waals surface area (Å²) in [5.41, 5.74) is 1.81. The zero-order valence-electron chi connectivity index (χ0n) is 17.4. The number of ether oxygens (including phenoxy) is 1. The van der Waals surface area contributed by atoms with E-state index >= 15 is 0 Å². The highest BCUT2D eigenvalue weighted by Crippen LogP contribution is 2.29. The van der Waals surface area contributed by atoms with Gasteiger partial charge in [0.25, 0.3) is 0 Å². The molecule has 2 heterocycles. The summed E-state index contributed by atoms with van der Waals surface area (Å²) in [6.45, 7) is 5.86. The smallest absolute Gasteiger partial charge is 0.243 e. The van der Waals surface area contributed by atoms with Gasteiger partial charge < -0.3 is 4.74 Å². The minimum atomic E-state index is -3.60.